The number of anilines is 1. The van der Waals surface area contributed by atoms with Gasteiger partial charge in [-0.2, -0.15) is 5.26 Å². The summed E-state index contributed by atoms with van der Waals surface area (Å²) in [6.07, 6.45) is 0. The summed E-state index contributed by atoms with van der Waals surface area (Å²) in [6.45, 7) is 0.104. The molecule has 7 heteroatoms. The van der Waals surface area contributed by atoms with Crippen LogP contribution in [0, 0.1) is 11.3 Å². The highest BCUT2D eigenvalue weighted by Crippen LogP contribution is 2.32. The van der Waals surface area contributed by atoms with E-state index in [1.165, 1.54) is 0 Å². The van der Waals surface area contributed by atoms with Gasteiger partial charge < -0.3 is 29.8 Å². The topological polar surface area (TPSA) is 115 Å². The van der Waals surface area contributed by atoms with Crippen LogP contribution in [0.5, 0.6) is 11.5 Å². The summed E-state index contributed by atoms with van der Waals surface area (Å²) < 4.78 is 11.4. The number of carboxylic acids is 1. The molecule has 0 saturated carbocycles. The number of carbonyl (C=O) groups excluding carboxylic acids is 1. The molecule has 3 rings (SSSR count). The molecular weight excluding hydrogens is 396 g/mol. The van der Waals surface area contributed by atoms with E-state index in [-0.39, 0.29) is 19.0 Å². The van der Waals surface area contributed by atoms with E-state index in [2.05, 4.69) is 5.32 Å². The minimum atomic E-state index is -1.35. The van der Waals surface area contributed by atoms with E-state index in [4.69, 9.17) is 19.8 Å². The SMILES string of the molecule is N#Cc1ccc(NC(C(=O)[O-])c2ccc(OCc3ccccc3)cc2OCCO)cc1. The van der Waals surface area contributed by atoms with Crippen LogP contribution in [-0.2, 0) is 11.4 Å². The number of hydrogen-bond donors (Lipinski definition) is 2. The Labute approximate surface area is 180 Å². The lowest BCUT2D eigenvalue weighted by Crippen LogP contribution is -2.34. The highest BCUT2D eigenvalue weighted by atomic mass is 16.5. The first-order valence-electron chi connectivity index (χ1n) is 9.62. The van der Waals surface area contributed by atoms with Crippen LogP contribution in [0.25, 0.3) is 0 Å². The Bertz CT molecular complexity index is 1050. The first-order valence-corrected chi connectivity index (χ1v) is 9.62. The monoisotopic (exact) mass is 417 g/mol. The van der Waals surface area contributed by atoms with E-state index >= 15 is 0 Å². The summed E-state index contributed by atoms with van der Waals surface area (Å²) in [7, 11) is 0. The van der Waals surface area contributed by atoms with E-state index in [0.29, 0.717) is 29.2 Å². The zero-order valence-corrected chi connectivity index (χ0v) is 16.7. The molecule has 0 radical (unpaired) electrons. The summed E-state index contributed by atoms with van der Waals surface area (Å²) in [5.41, 5.74) is 2.28. The maximum Gasteiger partial charge on any atom is 0.128 e. The fraction of sp³-hybridized carbons (Fsp3) is 0.167. The van der Waals surface area contributed by atoms with Crippen LogP contribution in [0.4, 0.5) is 5.69 Å². The van der Waals surface area contributed by atoms with Crippen molar-refractivity contribution >= 4 is 11.7 Å². The molecule has 158 valence electrons. The van der Waals surface area contributed by atoms with E-state index in [9.17, 15) is 9.90 Å². The van der Waals surface area contributed by atoms with Crippen molar-refractivity contribution in [2.24, 2.45) is 0 Å². The van der Waals surface area contributed by atoms with Crippen molar-refractivity contribution in [1.29, 1.82) is 5.26 Å². The molecule has 0 amide bonds. The third-order valence-corrected chi connectivity index (χ3v) is 4.45. The zero-order chi connectivity index (χ0) is 22.1. The number of rotatable bonds is 10. The molecule has 0 fully saturated rings. The number of aliphatic hydroxyl groups is 1. The predicted molar refractivity (Wildman–Crippen MR) is 112 cm³/mol. The van der Waals surface area contributed by atoms with Crippen LogP contribution in [-0.4, -0.2) is 24.3 Å². The molecular formula is C24H21N2O5-. The third kappa shape index (κ3) is 5.98. The number of ether oxygens (including phenoxy) is 2. The van der Waals surface area contributed by atoms with Gasteiger partial charge in [-0.05, 0) is 42.0 Å². The Morgan fingerprint density at radius 3 is 2.45 bits per heavy atom. The molecule has 7 nitrogen and oxygen atoms in total. The Morgan fingerprint density at radius 1 is 1.06 bits per heavy atom. The molecule has 31 heavy (non-hydrogen) atoms. The highest BCUT2D eigenvalue weighted by Gasteiger charge is 2.19. The number of aliphatic hydroxyl groups excluding tert-OH is 1. The number of benzene rings is 3. The molecule has 1 atom stereocenters. The molecule has 1 unspecified atom stereocenters. The maximum atomic E-state index is 11.9. The molecule has 3 aromatic carbocycles. The molecule has 2 N–H and O–H groups in total. The molecule has 0 saturated heterocycles. The van der Waals surface area contributed by atoms with Crippen LogP contribution in [0.1, 0.15) is 22.7 Å². The van der Waals surface area contributed by atoms with Gasteiger partial charge in [0.15, 0.2) is 0 Å². The van der Waals surface area contributed by atoms with Crippen LogP contribution >= 0.6 is 0 Å². The second-order valence-corrected chi connectivity index (χ2v) is 6.63. The molecule has 0 bridgehead atoms. The van der Waals surface area contributed by atoms with Gasteiger partial charge in [-0.15, -0.1) is 0 Å². The van der Waals surface area contributed by atoms with E-state index < -0.39 is 12.0 Å². The van der Waals surface area contributed by atoms with Crippen molar-refractivity contribution in [3.63, 3.8) is 0 Å². The van der Waals surface area contributed by atoms with Gasteiger partial charge >= 0.3 is 0 Å². The first-order chi connectivity index (χ1) is 15.1. The lowest BCUT2D eigenvalue weighted by molar-refractivity contribution is -0.307. The summed E-state index contributed by atoms with van der Waals surface area (Å²) >= 11 is 0. The summed E-state index contributed by atoms with van der Waals surface area (Å²) in [6, 6.07) is 21.6. The van der Waals surface area contributed by atoms with Crippen LogP contribution < -0.4 is 19.9 Å². The van der Waals surface area contributed by atoms with Gasteiger partial charge in [0.2, 0.25) is 0 Å². The van der Waals surface area contributed by atoms with Crippen LogP contribution in [0.15, 0.2) is 72.8 Å². The Morgan fingerprint density at radius 2 is 1.81 bits per heavy atom. The second kappa shape index (κ2) is 10.7. The van der Waals surface area contributed by atoms with Gasteiger partial charge in [-0.1, -0.05) is 30.3 Å². The molecule has 3 aromatic rings. The first kappa shape index (κ1) is 21.7. The standard InChI is InChI=1S/C24H22N2O5/c25-15-17-6-8-19(9-7-17)26-23(24(28)29)21-11-10-20(14-22(21)30-13-12-27)31-16-18-4-2-1-3-5-18/h1-11,14,23,26-27H,12-13,16H2,(H,28,29)/p-1. The van der Waals surface area contributed by atoms with Crippen LogP contribution in [0.3, 0.4) is 0 Å². The van der Waals surface area contributed by atoms with Gasteiger partial charge in [0, 0.05) is 17.3 Å². The van der Waals surface area contributed by atoms with Crippen molar-refractivity contribution in [3.8, 4) is 17.6 Å². The van der Waals surface area contributed by atoms with Crippen molar-refractivity contribution in [2.45, 2.75) is 12.6 Å². The molecule has 0 heterocycles. The third-order valence-electron chi connectivity index (χ3n) is 4.45. The molecule has 0 aromatic heterocycles. The minimum absolute atomic E-state index is 0.00816. The fourth-order valence-electron chi connectivity index (χ4n) is 2.94. The zero-order valence-electron chi connectivity index (χ0n) is 16.7. The molecule has 0 aliphatic carbocycles. The van der Waals surface area contributed by atoms with Gasteiger partial charge in [0.1, 0.15) is 24.7 Å². The molecule has 0 aliphatic rings. The fourth-order valence-corrected chi connectivity index (χ4v) is 2.94. The van der Waals surface area contributed by atoms with Crippen molar-refractivity contribution < 1.29 is 24.5 Å². The van der Waals surface area contributed by atoms with Crippen LogP contribution in [0.2, 0.25) is 0 Å². The number of carboxylic acid groups (broad SMARTS) is 1. The van der Waals surface area contributed by atoms with Crippen molar-refractivity contribution in [2.75, 3.05) is 18.5 Å². The average Bonchev–Trinajstić information content (AvgIpc) is 2.81. The summed E-state index contributed by atoms with van der Waals surface area (Å²) in [5.74, 6) is -0.595. The number of aliphatic carboxylic acids is 1. The van der Waals surface area contributed by atoms with Gasteiger partial charge in [0.05, 0.1) is 30.3 Å². The number of nitrogens with zero attached hydrogens (tertiary/aromatic N) is 1. The largest absolute Gasteiger partial charge is 0.548 e. The van der Waals surface area contributed by atoms with E-state index in [0.717, 1.165) is 5.56 Å². The van der Waals surface area contributed by atoms with Gasteiger partial charge in [-0.3, -0.25) is 0 Å². The second-order valence-electron chi connectivity index (χ2n) is 6.63. The number of nitrogens with one attached hydrogen (secondary N) is 1. The highest BCUT2D eigenvalue weighted by molar-refractivity contribution is 5.79. The normalized spacial score (nSPS) is 11.2. The number of carbonyl (C=O) groups is 1. The molecule has 0 spiro atoms. The number of hydrogen-bond acceptors (Lipinski definition) is 7. The Balaban J connectivity index is 1.84. The summed E-state index contributed by atoms with van der Waals surface area (Å²) in [4.78, 5) is 11.9. The summed E-state index contributed by atoms with van der Waals surface area (Å²) in [5, 5.41) is 32.8. The molecule has 0 aliphatic heterocycles. The van der Waals surface area contributed by atoms with Gasteiger partial charge in [-0.25, -0.2) is 0 Å². The quantitative estimate of drug-likeness (QED) is 0.521. The smallest absolute Gasteiger partial charge is 0.128 e. The van der Waals surface area contributed by atoms with E-state index in [1.807, 2.05) is 36.4 Å². The van der Waals surface area contributed by atoms with Crippen molar-refractivity contribution in [3.05, 3.63) is 89.5 Å². The van der Waals surface area contributed by atoms with Crippen molar-refractivity contribution in [1.82, 2.24) is 0 Å². The average molecular weight is 417 g/mol. The lowest BCUT2D eigenvalue weighted by Gasteiger charge is -2.24. The Hall–Kier alpha value is -4.02. The number of nitriles is 1. The van der Waals surface area contributed by atoms with Gasteiger partial charge in [0.25, 0.3) is 0 Å². The Kier molecular flexibility index (Phi) is 7.46. The predicted octanol–water partition coefficient (Wildman–Crippen LogP) is 2.41. The van der Waals surface area contributed by atoms with E-state index in [1.54, 1.807) is 42.5 Å². The maximum absolute atomic E-state index is 11.9. The lowest BCUT2D eigenvalue weighted by atomic mass is 10.0. The minimum Gasteiger partial charge on any atom is -0.548 e.